The van der Waals surface area contributed by atoms with Gasteiger partial charge in [0.25, 0.3) is 11.5 Å². The summed E-state index contributed by atoms with van der Waals surface area (Å²) in [6, 6.07) is 14.7. The Morgan fingerprint density at radius 1 is 1.05 bits per heavy atom. The van der Waals surface area contributed by atoms with Crippen molar-refractivity contribution in [1.29, 1.82) is 0 Å². The second kappa shape index (κ2) is 11.7. The summed E-state index contributed by atoms with van der Waals surface area (Å²) < 4.78 is 19.7. The van der Waals surface area contributed by atoms with E-state index >= 15 is 0 Å². The number of amides is 2. The van der Waals surface area contributed by atoms with Crippen LogP contribution in [0, 0.1) is 5.82 Å². The van der Waals surface area contributed by atoms with Crippen LogP contribution in [0.25, 0.3) is 11.0 Å². The van der Waals surface area contributed by atoms with E-state index in [1.54, 1.807) is 48.7 Å². The maximum atomic E-state index is 13.6. The van der Waals surface area contributed by atoms with Crippen molar-refractivity contribution in [3.05, 3.63) is 99.2 Å². The van der Waals surface area contributed by atoms with Crippen LogP contribution in [-0.2, 0) is 22.5 Å². The summed E-state index contributed by atoms with van der Waals surface area (Å²) >= 11 is 0. The minimum atomic E-state index is -0.738. The summed E-state index contributed by atoms with van der Waals surface area (Å²) in [5, 5.41) is 16.2. The van der Waals surface area contributed by atoms with Crippen LogP contribution in [0.15, 0.2) is 65.6 Å². The third-order valence-electron chi connectivity index (χ3n) is 5.89. The normalized spacial score (nSPS) is 10.9. The molecule has 3 N–H and O–H groups in total. The van der Waals surface area contributed by atoms with E-state index in [9.17, 15) is 23.9 Å². The maximum absolute atomic E-state index is 13.6. The number of halogens is 1. The molecule has 0 unspecified atom stereocenters. The third kappa shape index (κ3) is 6.04. The van der Waals surface area contributed by atoms with Gasteiger partial charge in [-0.15, -0.1) is 0 Å². The number of carbonyl (C=O) groups is 2. The van der Waals surface area contributed by atoms with Crippen molar-refractivity contribution in [2.24, 2.45) is 0 Å². The monoisotopic (exact) mass is 518 g/mol. The summed E-state index contributed by atoms with van der Waals surface area (Å²) in [4.78, 5) is 42.2. The summed E-state index contributed by atoms with van der Waals surface area (Å²) in [7, 11) is 1.48. The van der Waals surface area contributed by atoms with Gasteiger partial charge in [0, 0.05) is 32.5 Å². The molecule has 0 fully saturated rings. The second-order valence-electron chi connectivity index (χ2n) is 8.76. The van der Waals surface area contributed by atoms with Crippen molar-refractivity contribution < 1.29 is 23.8 Å². The van der Waals surface area contributed by atoms with Crippen molar-refractivity contribution in [3.8, 4) is 5.75 Å². The molecule has 9 nitrogen and oxygen atoms in total. The van der Waals surface area contributed by atoms with E-state index in [4.69, 9.17) is 4.74 Å². The molecule has 0 aliphatic rings. The first-order chi connectivity index (χ1) is 18.3. The number of ether oxygens (including phenoxy) is 1. The zero-order chi connectivity index (χ0) is 27.2. The molecule has 4 rings (SSSR count). The van der Waals surface area contributed by atoms with Crippen molar-refractivity contribution >= 4 is 28.5 Å². The topological polar surface area (TPSA) is 123 Å². The van der Waals surface area contributed by atoms with Crippen LogP contribution in [0.1, 0.15) is 34.0 Å². The molecule has 0 saturated heterocycles. The highest BCUT2D eigenvalue weighted by molar-refractivity contribution is 6.01. The van der Waals surface area contributed by atoms with Crippen molar-refractivity contribution in [3.63, 3.8) is 0 Å². The van der Waals surface area contributed by atoms with E-state index in [1.165, 1.54) is 30.7 Å². The SMILES string of the molecule is COCCNC(=O)c1c(O)c2ncc(Cc3ccc(F)cc3)cc2n(Cc2ccc(NC(C)=O)cc2)c1=O. The molecule has 0 spiro atoms. The highest BCUT2D eigenvalue weighted by Crippen LogP contribution is 2.27. The van der Waals surface area contributed by atoms with Gasteiger partial charge in [0.2, 0.25) is 5.91 Å². The Morgan fingerprint density at radius 3 is 2.39 bits per heavy atom. The van der Waals surface area contributed by atoms with Gasteiger partial charge in [-0.3, -0.25) is 19.4 Å². The van der Waals surface area contributed by atoms with E-state index in [2.05, 4.69) is 15.6 Å². The molecule has 38 heavy (non-hydrogen) atoms. The van der Waals surface area contributed by atoms with E-state index in [0.29, 0.717) is 17.6 Å². The molecule has 0 radical (unpaired) electrons. The zero-order valence-corrected chi connectivity index (χ0v) is 21.0. The van der Waals surface area contributed by atoms with Crippen LogP contribution in [0.4, 0.5) is 10.1 Å². The number of nitrogens with one attached hydrogen (secondary N) is 2. The molecule has 2 amide bonds. The second-order valence-corrected chi connectivity index (χ2v) is 8.76. The van der Waals surface area contributed by atoms with Gasteiger partial charge in [0.05, 0.1) is 18.7 Å². The lowest BCUT2D eigenvalue weighted by molar-refractivity contribution is -0.114. The van der Waals surface area contributed by atoms with E-state index < -0.39 is 22.8 Å². The number of carbonyl (C=O) groups excluding carboxylic acids is 2. The lowest BCUT2D eigenvalue weighted by Gasteiger charge is -2.16. The quantitative estimate of drug-likeness (QED) is 0.293. The van der Waals surface area contributed by atoms with Crippen molar-refractivity contribution in [1.82, 2.24) is 14.9 Å². The summed E-state index contributed by atoms with van der Waals surface area (Å²) in [5.74, 6) is -1.80. The fourth-order valence-corrected chi connectivity index (χ4v) is 4.08. The smallest absolute Gasteiger partial charge is 0.268 e. The Morgan fingerprint density at radius 2 is 1.74 bits per heavy atom. The summed E-state index contributed by atoms with van der Waals surface area (Å²) in [5.41, 5.74) is 2.24. The Bertz CT molecular complexity index is 1530. The molecule has 10 heteroatoms. The Hall–Kier alpha value is -4.57. The first-order valence-electron chi connectivity index (χ1n) is 11.9. The predicted molar refractivity (Wildman–Crippen MR) is 141 cm³/mol. The molecule has 2 aromatic heterocycles. The van der Waals surface area contributed by atoms with Crippen LogP contribution < -0.4 is 16.2 Å². The maximum Gasteiger partial charge on any atom is 0.268 e. The largest absolute Gasteiger partial charge is 0.505 e. The minimum absolute atomic E-state index is 0.0794. The average Bonchev–Trinajstić information content (AvgIpc) is 2.89. The number of benzene rings is 2. The van der Waals surface area contributed by atoms with Crippen molar-refractivity contribution in [2.75, 3.05) is 25.6 Å². The lowest BCUT2D eigenvalue weighted by atomic mass is 10.0. The molecule has 196 valence electrons. The minimum Gasteiger partial charge on any atom is -0.505 e. The van der Waals surface area contributed by atoms with Crippen LogP contribution in [0.3, 0.4) is 0 Å². The molecule has 0 aliphatic carbocycles. The number of rotatable bonds is 9. The standard InChI is InChI=1S/C28H27FN4O5/c1-17(34)32-22-9-5-19(6-10-22)16-33-23-14-20(13-18-3-7-21(29)8-4-18)15-31-25(23)26(35)24(28(33)37)27(36)30-11-12-38-2/h3-10,14-15,35H,11-13,16H2,1-2H3,(H,30,36)(H,32,34). The fraction of sp³-hybridized carbons (Fsp3) is 0.214. The van der Waals surface area contributed by atoms with E-state index in [0.717, 1.165) is 16.7 Å². The number of hydrogen-bond donors (Lipinski definition) is 3. The number of anilines is 1. The molecular formula is C28H27FN4O5. The van der Waals surface area contributed by atoms with Gasteiger partial charge in [0.1, 0.15) is 16.9 Å². The average molecular weight is 519 g/mol. The molecule has 2 aromatic carbocycles. The number of hydrogen-bond acceptors (Lipinski definition) is 6. The summed E-state index contributed by atoms with van der Waals surface area (Å²) in [6.45, 7) is 1.88. The van der Waals surface area contributed by atoms with Crippen LogP contribution in [0.5, 0.6) is 5.75 Å². The first-order valence-corrected chi connectivity index (χ1v) is 11.9. The number of aromatic hydroxyl groups is 1. The molecule has 0 atom stereocenters. The van der Waals surface area contributed by atoms with Crippen LogP contribution in [0.2, 0.25) is 0 Å². The number of methoxy groups -OCH3 is 1. The van der Waals surface area contributed by atoms with Gasteiger partial charge in [-0.25, -0.2) is 4.39 Å². The van der Waals surface area contributed by atoms with Crippen molar-refractivity contribution in [2.45, 2.75) is 19.9 Å². The van der Waals surface area contributed by atoms with Gasteiger partial charge >= 0.3 is 0 Å². The number of pyridine rings is 2. The third-order valence-corrected chi connectivity index (χ3v) is 5.89. The number of nitrogens with zero attached hydrogens (tertiary/aromatic N) is 2. The zero-order valence-electron chi connectivity index (χ0n) is 21.0. The van der Waals surface area contributed by atoms with Gasteiger partial charge in [0.15, 0.2) is 5.75 Å². The Balaban J connectivity index is 1.80. The van der Waals surface area contributed by atoms with E-state index in [-0.39, 0.29) is 36.9 Å². The lowest BCUT2D eigenvalue weighted by Crippen LogP contribution is -2.35. The fourth-order valence-electron chi connectivity index (χ4n) is 4.08. The van der Waals surface area contributed by atoms with Gasteiger partial charge < -0.3 is 25.0 Å². The molecule has 2 heterocycles. The number of aromatic nitrogens is 2. The van der Waals surface area contributed by atoms with Gasteiger partial charge in [-0.1, -0.05) is 24.3 Å². The molecule has 0 saturated carbocycles. The van der Waals surface area contributed by atoms with Gasteiger partial charge in [-0.05, 0) is 53.4 Å². The Kier molecular flexibility index (Phi) is 8.12. The predicted octanol–water partition coefficient (Wildman–Crippen LogP) is 3.21. The van der Waals surface area contributed by atoms with Crippen LogP contribution >= 0.6 is 0 Å². The molecule has 0 aliphatic heterocycles. The highest BCUT2D eigenvalue weighted by atomic mass is 19.1. The molecule has 0 bridgehead atoms. The summed E-state index contributed by atoms with van der Waals surface area (Å²) in [6.07, 6.45) is 1.97. The van der Waals surface area contributed by atoms with Gasteiger partial charge in [-0.2, -0.15) is 0 Å². The molecule has 4 aromatic rings. The van der Waals surface area contributed by atoms with E-state index in [1.807, 2.05) is 0 Å². The Labute approximate surface area is 217 Å². The number of fused-ring (bicyclic) bond motifs is 1. The van der Waals surface area contributed by atoms with Crippen LogP contribution in [-0.4, -0.2) is 46.7 Å². The first kappa shape index (κ1) is 26.5. The molecular weight excluding hydrogens is 491 g/mol. The highest BCUT2D eigenvalue weighted by Gasteiger charge is 2.23.